The molecule has 0 saturated heterocycles. The van der Waals surface area contributed by atoms with Crippen LogP contribution >= 0.6 is 11.8 Å². The minimum Gasteiger partial charge on any atom is -0.355 e. The Morgan fingerprint density at radius 2 is 2.00 bits per heavy atom. The minimum atomic E-state index is 0.0275. The summed E-state index contributed by atoms with van der Waals surface area (Å²) in [5.74, 6) is 0.0275. The van der Waals surface area contributed by atoms with Gasteiger partial charge in [-0.05, 0) is 17.7 Å². The number of carbonyl (C=O) groups excluding carboxylic acids is 1. The van der Waals surface area contributed by atoms with E-state index in [0.717, 1.165) is 5.56 Å². The zero-order valence-electron chi connectivity index (χ0n) is 10.4. The molecule has 3 N–H and O–H groups in total. The summed E-state index contributed by atoms with van der Waals surface area (Å²) in [5, 5.41) is 3.34. The summed E-state index contributed by atoms with van der Waals surface area (Å²) < 4.78 is 0. The average molecular weight is 252 g/mol. The number of carbonyl (C=O) groups is 1. The molecule has 1 aromatic carbocycles. The van der Waals surface area contributed by atoms with Crippen molar-refractivity contribution in [1.29, 1.82) is 0 Å². The molecule has 0 heterocycles. The van der Waals surface area contributed by atoms with Crippen LogP contribution in [0.4, 0.5) is 0 Å². The molecule has 0 radical (unpaired) electrons. The van der Waals surface area contributed by atoms with Crippen molar-refractivity contribution in [3.05, 3.63) is 29.8 Å². The highest BCUT2D eigenvalue weighted by molar-refractivity contribution is 7.99. The van der Waals surface area contributed by atoms with E-state index in [1.54, 1.807) is 0 Å². The molecular formula is C13H20N2OS. The fourth-order valence-electron chi connectivity index (χ4n) is 1.42. The third kappa shape index (κ3) is 5.75. The van der Waals surface area contributed by atoms with Crippen molar-refractivity contribution in [3.8, 4) is 0 Å². The van der Waals surface area contributed by atoms with Gasteiger partial charge in [-0.25, -0.2) is 0 Å². The Balaban J connectivity index is 2.47. The topological polar surface area (TPSA) is 55.1 Å². The molecule has 1 amide bonds. The van der Waals surface area contributed by atoms with Crippen LogP contribution in [-0.4, -0.2) is 24.2 Å². The Morgan fingerprint density at radius 1 is 1.35 bits per heavy atom. The van der Waals surface area contributed by atoms with Crippen molar-refractivity contribution < 1.29 is 4.79 Å². The summed E-state index contributed by atoms with van der Waals surface area (Å²) in [6.45, 7) is 5.35. The first-order chi connectivity index (χ1) is 8.11. The highest BCUT2D eigenvalue weighted by atomic mass is 32.2. The van der Waals surface area contributed by atoms with Gasteiger partial charge in [0.15, 0.2) is 0 Å². The maximum atomic E-state index is 11.5. The molecular weight excluding hydrogens is 232 g/mol. The third-order valence-electron chi connectivity index (χ3n) is 2.13. The number of benzene rings is 1. The summed E-state index contributed by atoms with van der Waals surface area (Å²) in [6.07, 6.45) is 0.423. The van der Waals surface area contributed by atoms with E-state index < -0.39 is 0 Å². The fraction of sp³-hybridized carbons (Fsp3) is 0.462. The lowest BCUT2D eigenvalue weighted by Crippen LogP contribution is -2.30. The summed E-state index contributed by atoms with van der Waals surface area (Å²) >= 11 is 1.82. The van der Waals surface area contributed by atoms with Gasteiger partial charge in [-0.1, -0.05) is 26.0 Å². The molecule has 0 saturated carbocycles. The Kier molecular flexibility index (Phi) is 6.08. The lowest BCUT2D eigenvalue weighted by molar-refractivity contribution is -0.120. The van der Waals surface area contributed by atoms with E-state index in [9.17, 15) is 4.79 Å². The van der Waals surface area contributed by atoms with E-state index in [1.165, 1.54) is 4.90 Å². The molecule has 0 atom stereocenters. The van der Waals surface area contributed by atoms with Crippen molar-refractivity contribution >= 4 is 17.7 Å². The van der Waals surface area contributed by atoms with E-state index in [1.807, 2.05) is 23.9 Å². The van der Waals surface area contributed by atoms with Gasteiger partial charge in [0.2, 0.25) is 5.91 Å². The summed E-state index contributed by atoms with van der Waals surface area (Å²) in [4.78, 5) is 12.7. The molecule has 0 spiro atoms. The molecule has 1 aromatic rings. The molecule has 0 aliphatic carbocycles. The predicted molar refractivity (Wildman–Crippen MR) is 73.2 cm³/mol. The van der Waals surface area contributed by atoms with Crippen LogP contribution in [-0.2, 0) is 11.2 Å². The number of nitrogens with two attached hydrogens (primary N) is 1. The molecule has 0 bridgehead atoms. The fourth-order valence-corrected chi connectivity index (χ4v) is 2.26. The van der Waals surface area contributed by atoms with Crippen LogP contribution in [0, 0.1) is 0 Å². The second-order valence-corrected chi connectivity index (χ2v) is 5.78. The standard InChI is InChI=1S/C13H20N2OS/c1-10(2)17-12-5-3-11(4-6-12)9-13(16)15-8-7-14/h3-6,10H,7-9,14H2,1-2H3,(H,15,16). The van der Waals surface area contributed by atoms with Crippen LogP contribution < -0.4 is 11.1 Å². The van der Waals surface area contributed by atoms with Gasteiger partial charge >= 0.3 is 0 Å². The molecule has 4 heteroatoms. The van der Waals surface area contributed by atoms with Crippen LogP contribution in [0.25, 0.3) is 0 Å². The number of rotatable bonds is 6. The zero-order chi connectivity index (χ0) is 12.7. The highest BCUT2D eigenvalue weighted by Gasteiger charge is 2.03. The second kappa shape index (κ2) is 7.35. The Morgan fingerprint density at radius 3 is 2.53 bits per heavy atom. The smallest absolute Gasteiger partial charge is 0.224 e. The van der Waals surface area contributed by atoms with Crippen LogP contribution in [0.1, 0.15) is 19.4 Å². The molecule has 0 aliphatic rings. The molecule has 0 aromatic heterocycles. The lowest BCUT2D eigenvalue weighted by atomic mass is 10.1. The average Bonchev–Trinajstić information content (AvgIpc) is 2.28. The molecule has 1 rings (SSSR count). The Hall–Kier alpha value is -1.00. The van der Waals surface area contributed by atoms with Gasteiger partial charge in [-0.2, -0.15) is 0 Å². The highest BCUT2D eigenvalue weighted by Crippen LogP contribution is 2.22. The van der Waals surface area contributed by atoms with Crippen LogP contribution in [0.3, 0.4) is 0 Å². The van der Waals surface area contributed by atoms with E-state index >= 15 is 0 Å². The zero-order valence-corrected chi connectivity index (χ0v) is 11.2. The van der Waals surface area contributed by atoms with E-state index in [4.69, 9.17) is 5.73 Å². The second-order valence-electron chi connectivity index (χ2n) is 4.13. The SMILES string of the molecule is CC(C)Sc1ccc(CC(=O)NCCN)cc1. The van der Waals surface area contributed by atoms with Crippen molar-refractivity contribution in [2.24, 2.45) is 5.73 Å². The van der Waals surface area contributed by atoms with E-state index in [-0.39, 0.29) is 5.91 Å². The van der Waals surface area contributed by atoms with Crippen LogP contribution in [0.15, 0.2) is 29.2 Å². The molecule has 0 aliphatic heterocycles. The van der Waals surface area contributed by atoms with Gasteiger partial charge in [0.1, 0.15) is 0 Å². The van der Waals surface area contributed by atoms with Gasteiger partial charge in [0.25, 0.3) is 0 Å². The number of hydrogen-bond donors (Lipinski definition) is 2. The van der Waals surface area contributed by atoms with Crippen molar-refractivity contribution in [2.45, 2.75) is 30.4 Å². The van der Waals surface area contributed by atoms with Crippen LogP contribution in [0.2, 0.25) is 0 Å². The number of thioether (sulfide) groups is 1. The molecule has 17 heavy (non-hydrogen) atoms. The van der Waals surface area contributed by atoms with Crippen molar-refractivity contribution in [2.75, 3.05) is 13.1 Å². The van der Waals surface area contributed by atoms with Gasteiger partial charge in [-0.3, -0.25) is 4.79 Å². The first kappa shape index (κ1) is 14.1. The third-order valence-corrected chi connectivity index (χ3v) is 3.14. The Labute approximate surface area is 107 Å². The molecule has 0 fully saturated rings. The van der Waals surface area contributed by atoms with Crippen molar-refractivity contribution in [3.63, 3.8) is 0 Å². The number of amides is 1. The summed E-state index contributed by atoms with van der Waals surface area (Å²) in [6, 6.07) is 8.14. The largest absolute Gasteiger partial charge is 0.355 e. The normalized spacial score (nSPS) is 10.6. The molecule has 0 unspecified atom stereocenters. The van der Waals surface area contributed by atoms with E-state index in [0.29, 0.717) is 24.8 Å². The first-order valence-corrected chi connectivity index (χ1v) is 6.72. The lowest BCUT2D eigenvalue weighted by Gasteiger charge is -2.06. The van der Waals surface area contributed by atoms with Gasteiger partial charge < -0.3 is 11.1 Å². The quantitative estimate of drug-likeness (QED) is 0.759. The number of hydrogen-bond acceptors (Lipinski definition) is 3. The van der Waals surface area contributed by atoms with Crippen molar-refractivity contribution in [1.82, 2.24) is 5.32 Å². The van der Waals surface area contributed by atoms with Gasteiger partial charge in [0, 0.05) is 23.2 Å². The van der Waals surface area contributed by atoms with Gasteiger partial charge in [0.05, 0.1) is 6.42 Å². The molecule has 3 nitrogen and oxygen atoms in total. The summed E-state index contributed by atoms with van der Waals surface area (Å²) in [7, 11) is 0. The predicted octanol–water partition coefficient (Wildman–Crippen LogP) is 1.80. The van der Waals surface area contributed by atoms with Gasteiger partial charge in [-0.15, -0.1) is 11.8 Å². The maximum absolute atomic E-state index is 11.5. The Bertz CT molecular complexity index is 349. The maximum Gasteiger partial charge on any atom is 0.224 e. The monoisotopic (exact) mass is 252 g/mol. The van der Waals surface area contributed by atoms with Crippen LogP contribution in [0.5, 0.6) is 0 Å². The number of nitrogens with one attached hydrogen (secondary N) is 1. The minimum absolute atomic E-state index is 0.0275. The molecule has 94 valence electrons. The van der Waals surface area contributed by atoms with E-state index in [2.05, 4.69) is 31.3 Å². The first-order valence-electron chi connectivity index (χ1n) is 5.84. The summed E-state index contributed by atoms with van der Waals surface area (Å²) in [5.41, 5.74) is 6.35.